The Labute approximate surface area is 123 Å². The number of aromatic amines is 1. The Morgan fingerprint density at radius 3 is 2.81 bits per heavy atom. The van der Waals surface area contributed by atoms with Gasteiger partial charge in [0.1, 0.15) is 11.9 Å². The van der Waals surface area contributed by atoms with Crippen LogP contribution < -0.4 is 10.9 Å². The van der Waals surface area contributed by atoms with Gasteiger partial charge in [-0.3, -0.25) is 4.79 Å². The van der Waals surface area contributed by atoms with Crippen molar-refractivity contribution in [3.05, 3.63) is 63.8 Å². The van der Waals surface area contributed by atoms with Gasteiger partial charge in [0.25, 0.3) is 5.56 Å². The van der Waals surface area contributed by atoms with Crippen molar-refractivity contribution in [3.63, 3.8) is 0 Å². The van der Waals surface area contributed by atoms with Gasteiger partial charge in [0.2, 0.25) is 0 Å². The molecule has 0 amide bonds. The topological polar surface area (TPSA) is 67.0 Å². The summed E-state index contributed by atoms with van der Waals surface area (Å²) in [6, 6.07) is 11.9. The number of H-pyrrole nitrogens is 1. The molecule has 0 saturated heterocycles. The summed E-state index contributed by atoms with van der Waals surface area (Å²) in [7, 11) is 1.62. The Morgan fingerprint density at radius 1 is 1.38 bits per heavy atom. The van der Waals surface area contributed by atoms with Gasteiger partial charge in [-0.25, -0.2) is 4.98 Å². The molecular weight excluding hydrogens is 266 g/mol. The molecule has 1 saturated carbocycles. The van der Waals surface area contributed by atoms with E-state index in [1.807, 2.05) is 30.3 Å². The summed E-state index contributed by atoms with van der Waals surface area (Å²) in [5, 5.41) is 3.37. The SMILES string of the molecule is COC(c1ccccc1)c1nc(CNC2CC2)cc(=O)[nH]1. The highest BCUT2D eigenvalue weighted by Gasteiger charge is 2.21. The number of nitrogens with one attached hydrogen (secondary N) is 2. The number of aromatic nitrogens is 2. The molecule has 1 aromatic carbocycles. The normalized spacial score (nSPS) is 15.9. The lowest BCUT2D eigenvalue weighted by Gasteiger charge is -2.15. The fourth-order valence-corrected chi connectivity index (χ4v) is 2.31. The van der Waals surface area contributed by atoms with Crippen molar-refractivity contribution in [2.45, 2.75) is 31.5 Å². The number of hydrogen-bond donors (Lipinski definition) is 2. The van der Waals surface area contributed by atoms with Crippen molar-refractivity contribution in [2.24, 2.45) is 0 Å². The van der Waals surface area contributed by atoms with Crippen LogP contribution in [0.4, 0.5) is 0 Å². The molecule has 3 rings (SSSR count). The highest BCUT2D eigenvalue weighted by atomic mass is 16.5. The van der Waals surface area contributed by atoms with Gasteiger partial charge >= 0.3 is 0 Å². The summed E-state index contributed by atoms with van der Waals surface area (Å²) in [5.41, 5.74) is 1.57. The number of rotatable bonds is 6. The largest absolute Gasteiger partial charge is 0.369 e. The Balaban J connectivity index is 1.86. The van der Waals surface area contributed by atoms with Crippen molar-refractivity contribution in [1.29, 1.82) is 0 Å². The molecule has 0 aliphatic heterocycles. The van der Waals surface area contributed by atoms with Gasteiger partial charge in [0, 0.05) is 25.8 Å². The summed E-state index contributed by atoms with van der Waals surface area (Å²) >= 11 is 0. The zero-order valence-corrected chi connectivity index (χ0v) is 12.0. The van der Waals surface area contributed by atoms with Crippen LogP contribution in [-0.4, -0.2) is 23.1 Å². The van der Waals surface area contributed by atoms with Gasteiger partial charge in [0.05, 0.1) is 5.69 Å². The van der Waals surface area contributed by atoms with Crippen LogP contribution in [0.3, 0.4) is 0 Å². The molecule has 1 unspecified atom stereocenters. The van der Waals surface area contributed by atoms with Gasteiger partial charge in [0.15, 0.2) is 0 Å². The average molecular weight is 285 g/mol. The minimum absolute atomic E-state index is 0.148. The van der Waals surface area contributed by atoms with Crippen LogP contribution in [0.2, 0.25) is 0 Å². The number of nitrogens with zero attached hydrogens (tertiary/aromatic N) is 1. The maximum atomic E-state index is 11.8. The summed E-state index contributed by atoms with van der Waals surface area (Å²) in [4.78, 5) is 19.2. The van der Waals surface area contributed by atoms with Gasteiger partial charge in [-0.1, -0.05) is 30.3 Å². The second kappa shape index (κ2) is 6.20. The van der Waals surface area contributed by atoms with Gasteiger partial charge in [-0.15, -0.1) is 0 Å². The Bertz CT molecular complexity index is 650. The number of hydrogen-bond acceptors (Lipinski definition) is 4. The van der Waals surface area contributed by atoms with E-state index in [9.17, 15) is 4.79 Å². The molecule has 1 aliphatic carbocycles. The number of benzene rings is 1. The lowest BCUT2D eigenvalue weighted by Crippen LogP contribution is -2.22. The van der Waals surface area contributed by atoms with E-state index in [1.165, 1.54) is 18.9 Å². The van der Waals surface area contributed by atoms with Crippen LogP contribution in [0.5, 0.6) is 0 Å². The smallest absolute Gasteiger partial charge is 0.251 e. The van der Waals surface area contributed by atoms with Gasteiger partial charge in [-0.05, 0) is 18.4 Å². The maximum Gasteiger partial charge on any atom is 0.251 e. The molecule has 110 valence electrons. The molecule has 5 heteroatoms. The van der Waals surface area contributed by atoms with Crippen molar-refractivity contribution in [2.75, 3.05) is 7.11 Å². The first kappa shape index (κ1) is 14.0. The molecule has 1 heterocycles. The van der Waals surface area contributed by atoms with Crippen LogP contribution in [-0.2, 0) is 11.3 Å². The van der Waals surface area contributed by atoms with Gasteiger partial charge < -0.3 is 15.0 Å². The Morgan fingerprint density at radius 2 is 2.14 bits per heavy atom. The van der Waals surface area contributed by atoms with Crippen molar-refractivity contribution in [1.82, 2.24) is 15.3 Å². The van der Waals surface area contributed by atoms with Crippen molar-refractivity contribution in [3.8, 4) is 0 Å². The minimum atomic E-state index is -0.361. The lowest BCUT2D eigenvalue weighted by molar-refractivity contribution is 0.128. The molecule has 2 aromatic rings. The molecule has 1 fully saturated rings. The van der Waals surface area contributed by atoms with Crippen LogP contribution in [0, 0.1) is 0 Å². The summed E-state index contributed by atoms with van der Waals surface area (Å²) in [6.45, 7) is 0.618. The highest BCUT2D eigenvalue weighted by Crippen LogP contribution is 2.22. The third-order valence-electron chi connectivity index (χ3n) is 3.55. The first-order chi connectivity index (χ1) is 10.3. The lowest BCUT2D eigenvalue weighted by atomic mass is 10.1. The van der Waals surface area contributed by atoms with Crippen LogP contribution >= 0.6 is 0 Å². The van der Waals surface area contributed by atoms with Crippen LogP contribution in [0.15, 0.2) is 41.2 Å². The zero-order valence-electron chi connectivity index (χ0n) is 12.0. The molecule has 2 N–H and O–H groups in total. The van der Waals surface area contributed by atoms with E-state index in [-0.39, 0.29) is 11.7 Å². The minimum Gasteiger partial charge on any atom is -0.369 e. The van der Waals surface area contributed by atoms with Crippen molar-refractivity contribution >= 4 is 0 Å². The molecule has 1 aromatic heterocycles. The molecule has 1 atom stereocenters. The second-order valence-electron chi connectivity index (χ2n) is 5.30. The highest BCUT2D eigenvalue weighted by molar-refractivity contribution is 5.23. The molecule has 1 aliphatic rings. The first-order valence-corrected chi connectivity index (χ1v) is 7.17. The van der Waals surface area contributed by atoms with Crippen LogP contribution in [0.1, 0.15) is 36.0 Å². The summed E-state index contributed by atoms with van der Waals surface area (Å²) in [5.74, 6) is 0.545. The molecule has 21 heavy (non-hydrogen) atoms. The Kier molecular flexibility index (Phi) is 4.13. The fourth-order valence-electron chi connectivity index (χ4n) is 2.31. The van der Waals surface area contributed by atoms with E-state index in [0.29, 0.717) is 18.4 Å². The Hall–Kier alpha value is -1.98. The van der Waals surface area contributed by atoms with Gasteiger partial charge in [-0.2, -0.15) is 0 Å². The summed E-state index contributed by atoms with van der Waals surface area (Å²) < 4.78 is 5.52. The van der Waals surface area contributed by atoms with E-state index < -0.39 is 0 Å². The predicted octanol–water partition coefficient (Wildman–Crippen LogP) is 1.76. The van der Waals surface area contributed by atoms with E-state index >= 15 is 0 Å². The molecule has 5 nitrogen and oxygen atoms in total. The van der Waals surface area contributed by atoms with E-state index in [1.54, 1.807) is 7.11 Å². The second-order valence-corrected chi connectivity index (χ2v) is 5.30. The summed E-state index contributed by atoms with van der Waals surface area (Å²) in [6.07, 6.45) is 2.06. The predicted molar refractivity (Wildman–Crippen MR) is 80.0 cm³/mol. The van der Waals surface area contributed by atoms with E-state index in [4.69, 9.17) is 4.74 Å². The molecular formula is C16H19N3O2. The van der Waals surface area contributed by atoms with E-state index in [0.717, 1.165) is 11.3 Å². The zero-order chi connectivity index (χ0) is 14.7. The fraction of sp³-hybridized carbons (Fsp3) is 0.375. The first-order valence-electron chi connectivity index (χ1n) is 7.17. The van der Waals surface area contributed by atoms with Crippen LogP contribution in [0.25, 0.3) is 0 Å². The monoisotopic (exact) mass is 285 g/mol. The third-order valence-corrected chi connectivity index (χ3v) is 3.55. The average Bonchev–Trinajstić information content (AvgIpc) is 3.31. The maximum absolute atomic E-state index is 11.8. The molecule has 0 radical (unpaired) electrons. The standard InChI is InChI=1S/C16H19N3O2/c1-21-15(11-5-3-2-4-6-11)16-18-13(9-14(20)19-16)10-17-12-7-8-12/h2-6,9,12,15,17H,7-8,10H2,1H3,(H,18,19,20). The molecule has 0 bridgehead atoms. The molecule has 0 spiro atoms. The van der Waals surface area contributed by atoms with E-state index in [2.05, 4.69) is 15.3 Å². The number of methoxy groups -OCH3 is 1. The number of ether oxygens (including phenoxy) is 1. The quantitative estimate of drug-likeness (QED) is 0.848. The third kappa shape index (κ3) is 3.56. The van der Waals surface area contributed by atoms with Crippen molar-refractivity contribution < 1.29 is 4.74 Å².